The lowest BCUT2D eigenvalue weighted by Gasteiger charge is -2.51. The van der Waals surface area contributed by atoms with Gasteiger partial charge < -0.3 is 20.1 Å². The minimum absolute atomic E-state index is 0.123. The number of fused-ring (bicyclic) bond motifs is 5. The number of hydrogen-bond acceptors (Lipinski definition) is 6. The van der Waals surface area contributed by atoms with Crippen molar-refractivity contribution in [3.8, 4) is 0 Å². The largest absolute Gasteiger partial charge is 0.458 e. The van der Waals surface area contributed by atoms with Crippen molar-refractivity contribution in [1.29, 1.82) is 0 Å². The highest BCUT2D eigenvalue weighted by molar-refractivity contribution is 6.04. The van der Waals surface area contributed by atoms with Gasteiger partial charge in [-0.25, -0.2) is 0 Å². The van der Waals surface area contributed by atoms with Crippen LogP contribution < -0.4 is 0 Å². The fourth-order valence-corrected chi connectivity index (χ4v) is 8.13. The summed E-state index contributed by atoms with van der Waals surface area (Å²) in [4.78, 5) is 26.1. The molecule has 4 aliphatic carbocycles. The molecule has 0 amide bonds. The molecule has 3 fully saturated rings. The number of carbonyl (C=O) groups is 2. The van der Waals surface area contributed by atoms with Crippen molar-refractivity contribution in [3.05, 3.63) is 47.5 Å². The Hall–Kier alpha value is -2.02. The SMILES string of the molecule is CC1=C[C@H]2[C@@]3(O)[C@H](C)C[C@]4(OC(=O)Cc5ccccc5)[C@H]([C@@H]3C[C@H](CO)C[C@]2(O)C1=O)C4(C)C. The van der Waals surface area contributed by atoms with Gasteiger partial charge in [-0.15, -0.1) is 0 Å². The summed E-state index contributed by atoms with van der Waals surface area (Å²) in [5, 5.41) is 34.1. The Morgan fingerprint density at radius 2 is 1.82 bits per heavy atom. The third-order valence-corrected chi connectivity index (χ3v) is 9.80. The van der Waals surface area contributed by atoms with Crippen molar-refractivity contribution >= 4 is 11.8 Å². The van der Waals surface area contributed by atoms with Gasteiger partial charge in [0.1, 0.15) is 11.2 Å². The molecule has 34 heavy (non-hydrogen) atoms. The second-order valence-electron chi connectivity index (χ2n) is 11.9. The van der Waals surface area contributed by atoms with Crippen molar-refractivity contribution in [2.24, 2.45) is 35.0 Å². The lowest BCUT2D eigenvalue weighted by molar-refractivity contribution is -0.191. The Labute approximate surface area is 201 Å². The summed E-state index contributed by atoms with van der Waals surface area (Å²) in [5.74, 6) is -2.45. The molecule has 3 saturated carbocycles. The Bertz CT molecular complexity index is 1050. The molecule has 1 aromatic rings. The first-order valence-corrected chi connectivity index (χ1v) is 12.5. The van der Waals surface area contributed by atoms with Crippen LogP contribution in [0.4, 0.5) is 0 Å². The van der Waals surface area contributed by atoms with E-state index in [1.165, 1.54) is 0 Å². The van der Waals surface area contributed by atoms with Crippen LogP contribution in [0.3, 0.4) is 0 Å². The van der Waals surface area contributed by atoms with E-state index in [-0.39, 0.29) is 60.3 Å². The first-order chi connectivity index (χ1) is 15.9. The van der Waals surface area contributed by atoms with Crippen LogP contribution in [0.2, 0.25) is 0 Å². The summed E-state index contributed by atoms with van der Waals surface area (Å²) in [7, 11) is 0. The molecule has 0 radical (unpaired) electrons. The van der Waals surface area contributed by atoms with Crippen LogP contribution in [-0.2, 0) is 20.7 Å². The minimum atomic E-state index is -1.71. The van der Waals surface area contributed by atoms with Gasteiger partial charge in [-0.2, -0.15) is 0 Å². The average Bonchev–Trinajstić information content (AvgIpc) is 3.18. The Morgan fingerprint density at radius 1 is 1.15 bits per heavy atom. The zero-order valence-corrected chi connectivity index (χ0v) is 20.5. The molecule has 184 valence electrons. The van der Waals surface area contributed by atoms with E-state index in [0.717, 1.165) is 5.56 Å². The summed E-state index contributed by atoms with van der Waals surface area (Å²) >= 11 is 0. The van der Waals surface area contributed by atoms with E-state index >= 15 is 0 Å². The first kappa shape index (κ1) is 23.7. The van der Waals surface area contributed by atoms with Gasteiger partial charge in [-0.3, -0.25) is 9.59 Å². The van der Waals surface area contributed by atoms with Crippen LogP contribution in [-0.4, -0.2) is 50.5 Å². The molecule has 0 saturated heterocycles. The predicted molar refractivity (Wildman–Crippen MR) is 125 cm³/mol. The zero-order chi connectivity index (χ0) is 24.7. The van der Waals surface area contributed by atoms with E-state index in [2.05, 4.69) is 13.8 Å². The average molecular weight is 469 g/mol. The lowest BCUT2D eigenvalue weighted by atomic mass is 9.59. The predicted octanol–water partition coefficient (Wildman–Crippen LogP) is 2.83. The topological polar surface area (TPSA) is 104 Å². The van der Waals surface area contributed by atoms with Gasteiger partial charge in [0.25, 0.3) is 0 Å². The summed E-state index contributed by atoms with van der Waals surface area (Å²) in [6.45, 7) is 7.62. The van der Waals surface area contributed by atoms with E-state index in [1.807, 2.05) is 37.3 Å². The second-order valence-corrected chi connectivity index (χ2v) is 11.9. The molecule has 0 bridgehead atoms. The first-order valence-electron chi connectivity index (χ1n) is 12.5. The smallest absolute Gasteiger partial charge is 0.310 e. The number of hydrogen-bond donors (Lipinski definition) is 3. The normalized spacial score (nSPS) is 44.3. The van der Waals surface area contributed by atoms with E-state index in [4.69, 9.17) is 4.74 Å². The Balaban J connectivity index is 1.51. The fourth-order valence-electron chi connectivity index (χ4n) is 8.13. The van der Waals surface area contributed by atoms with Gasteiger partial charge in [-0.05, 0) is 55.1 Å². The van der Waals surface area contributed by atoms with Crippen molar-refractivity contribution in [2.75, 3.05) is 6.61 Å². The number of ether oxygens (including phenoxy) is 1. The maximum absolute atomic E-state index is 13.0. The molecule has 0 unspecified atom stereocenters. The number of aliphatic hydroxyl groups excluding tert-OH is 1. The summed E-state index contributed by atoms with van der Waals surface area (Å²) < 4.78 is 6.27. The molecule has 0 spiro atoms. The van der Waals surface area contributed by atoms with Crippen molar-refractivity contribution in [3.63, 3.8) is 0 Å². The summed E-state index contributed by atoms with van der Waals surface area (Å²) in [5.41, 5.74) is -2.76. The molecule has 0 heterocycles. The van der Waals surface area contributed by atoms with Crippen LogP contribution in [0.25, 0.3) is 0 Å². The Morgan fingerprint density at radius 3 is 2.47 bits per heavy atom. The Kier molecular flexibility index (Phi) is 5.22. The molecule has 6 heteroatoms. The fraction of sp³-hybridized carbons (Fsp3) is 0.643. The minimum Gasteiger partial charge on any atom is -0.458 e. The monoisotopic (exact) mass is 468 g/mol. The molecule has 4 aliphatic rings. The van der Waals surface area contributed by atoms with Crippen LogP contribution in [0, 0.1) is 35.0 Å². The molecule has 1 aromatic carbocycles. The number of Topliss-reactive ketones (excluding diaryl/α,β-unsaturated/α-hetero) is 1. The quantitative estimate of drug-likeness (QED) is 0.587. The molecular weight excluding hydrogens is 432 g/mol. The molecule has 3 N–H and O–H groups in total. The molecule has 8 atom stereocenters. The number of esters is 1. The zero-order valence-electron chi connectivity index (χ0n) is 20.5. The maximum atomic E-state index is 13.0. The van der Waals surface area contributed by atoms with E-state index in [0.29, 0.717) is 18.4 Å². The van der Waals surface area contributed by atoms with Crippen molar-refractivity contribution in [1.82, 2.24) is 0 Å². The lowest BCUT2D eigenvalue weighted by Crippen LogP contribution is -2.61. The third-order valence-electron chi connectivity index (χ3n) is 9.80. The second kappa shape index (κ2) is 7.49. The van der Waals surface area contributed by atoms with Gasteiger partial charge in [0, 0.05) is 23.9 Å². The van der Waals surface area contributed by atoms with Gasteiger partial charge in [0.05, 0.1) is 12.0 Å². The van der Waals surface area contributed by atoms with Crippen LogP contribution in [0.5, 0.6) is 0 Å². The van der Waals surface area contributed by atoms with Gasteiger partial charge in [0.15, 0.2) is 5.78 Å². The van der Waals surface area contributed by atoms with Crippen LogP contribution in [0.15, 0.2) is 42.0 Å². The molecule has 5 rings (SSSR count). The van der Waals surface area contributed by atoms with Crippen LogP contribution >= 0.6 is 0 Å². The highest BCUT2D eigenvalue weighted by Gasteiger charge is 2.83. The highest BCUT2D eigenvalue weighted by atomic mass is 16.6. The van der Waals surface area contributed by atoms with Gasteiger partial charge in [0.2, 0.25) is 0 Å². The molecule has 6 nitrogen and oxygen atoms in total. The number of benzene rings is 1. The number of rotatable bonds is 4. The maximum Gasteiger partial charge on any atom is 0.310 e. The van der Waals surface area contributed by atoms with E-state index in [1.54, 1.807) is 13.0 Å². The van der Waals surface area contributed by atoms with Crippen LogP contribution in [0.1, 0.15) is 52.5 Å². The standard InChI is InChI=1S/C28H36O6/c1-16-10-21-26(32,24(16)31)14-19(15-29)11-20-23-25(3,4)27(23,13-17(2)28(20,21)33)34-22(30)12-18-8-6-5-7-9-18/h5-10,17,19-21,23,29,32-33H,11-15H2,1-4H3/t17-,19+,20+,21-,23-,26-,27+,28-/m1/s1. The van der Waals surface area contributed by atoms with E-state index in [9.17, 15) is 24.9 Å². The summed E-state index contributed by atoms with van der Waals surface area (Å²) in [6, 6.07) is 9.51. The summed E-state index contributed by atoms with van der Waals surface area (Å²) in [6.07, 6.45) is 3.00. The van der Waals surface area contributed by atoms with E-state index < -0.39 is 22.7 Å². The third kappa shape index (κ3) is 2.98. The van der Waals surface area contributed by atoms with Gasteiger partial charge >= 0.3 is 5.97 Å². The van der Waals surface area contributed by atoms with Crippen molar-refractivity contribution < 1.29 is 29.6 Å². The number of aliphatic hydroxyl groups is 3. The highest BCUT2D eigenvalue weighted by Crippen LogP contribution is 2.77. The number of ketones is 1. The molecular formula is C28H36O6. The molecule has 0 aromatic heterocycles. The van der Waals surface area contributed by atoms with Gasteiger partial charge in [-0.1, -0.05) is 57.2 Å². The van der Waals surface area contributed by atoms with Crippen molar-refractivity contribution in [2.45, 2.75) is 70.2 Å². The molecule has 0 aliphatic heterocycles. The number of carbonyl (C=O) groups excluding carboxylic acids is 2.